The van der Waals surface area contributed by atoms with Crippen molar-refractivity contribution in [3.63, 3.8) is 0 Å². The normalized spacial score (nSPS) is 10.5. The summed E-state index contributed by atoms with van der Waals surface area (Å²) in [6.45, 7) is 1.52. The standard InChI is InChI=1S/C17H16ClN3O3S/c1-11-14(18)3-2-4-15(11)20-17(25)21-19-9-12-5-7-13(8-6-12)24-10-16(22)23/h2-9H,10H2,1H3,(H,22,23)(H2,20,21,25)/b19-9-. The Morgan fingerprint density at radius 3 is 2.72 bits per heavy atom. The molecule has 0 radical (unpaired) electrons. The van der Waals surface area contributed by atoms with Gasteiger partial charge in [-0.05, 0) is 66.7 Å². The van der Waals surface area contributed by atoms with E-state index in [1.165, 1.54) is 0 Å². The lowest BCUT2D eigenvalue weighted by Gasteiger charge is -2.10. The van der Waals surface area contributed by atoms with Gasteiger partial charge in [0.1, 0.15) is 5.75 Å². The van der Waals surface area contributed by atoms with E-state index in [9.17, 15) is 4.79 Å². The van der Waals surface area contributed by atoms with Gasteiger partial charge >= 0.3 is 5.97 Å². The van der Waals surface area contributed by atoms with Crippen LogP contribution < -0.4 is 15.5 Å². The molecule has 0 heterocycles. The van der Waals surface area contributed by atoms with E-state index in [2.05, 4.69) is 15.8 Å². The van der Waals surface area contributed by atoms with E-state index in [0.717, 1.165) is 16.8 Å². The van der Waals surface area contributed by atoms with Gasteiger partial charge in [0.15, 0.2) is 11.7 Å². The number of aliphatic carboxylic acids is 1. The van der Waals surface area contributed by atoms with Crippen LogP contribution in [-0.4, -0.2) is 29.0 Å². The van der Waals surface area contributed by atoms with Crippen molar-refractivity contribution in [2.24, 2.45) is 5.10 Å². The SMILES string of the molecule is Cc1c(Cl)cccc1NC(=S)N/N=C\c1ccc(OCC(=O)O)cc1. The van der Waals surface area contributed by atoms with Gasteiger partial charge in [-0.25, -0.2) is 4.79 Å². The number of hydrogen-bond acceptors (Lipinski definition) is 4. The predicted molar refractivity (Wildman–Crippen MR) is 103 cm³/mol. The molecule has 0 amide bonds. The molecule has 3 N–H and O–H groups in total. The number of nitrogens with zero attached hydrogens (tertiary/aromatic N) is 1. The first kappa shape index (κ1) is 18.7. The highest BCUT2D eigenvalue weighted by Crippen LogP contribution is 2.22. The summed E-state index contributed by atoms with van der Waals surface area (Å²) in [6, 6.07) is 12.3. The van der Waals surface area contributed by atoms with E-state index in [1.54, 1.807) is 36.5 Å². The van der Waals surface area contributed by atoms with E-state index < -0.39 is 5.97 Å². The smallest absolute Gasteiger partial charge is 0.341 e. The maximum absolute atomic E-state index is 10.4. The molecule has 2 aromatic carbocycles. The van der Waals surface area contributed by atoms with Gasteiger partial charge in [0.05, 0.1) is 6.21 Å². The number of halogens is 1. The van der Waals surface area contributed by atoms with Crippen LogP contribution in [0.2, 0.25) is 5.02 Å². The van der Waals surface area contributed by atoms with Crippen LogP contribution in [0.1, 0.15) is 11.1 Å². The molecule has 6 nitrogen and oxygen atoms in total. The Bertz CT molecular complexity index is 794. The fourth-order valence-electron chi connectivity index (χ4n) is 1.85. The minimum atomic E-state index is -1.02. The number of hydrogen-bond donors (Lipinski definition) is 3. The van der Waals surface area contributed by atoms with Crippen molar-refractivity contribution in [2.75, 3.05) is 11.9 Å². The maximum Gasteiger partial charge on any atom is 0.341 e. The Morgan fingerprint density at radius 2 is 2.04 bits per heavy atom. The highest BCUT2D eigenvalue weighted by Gasteiger charge is 2.03. The van der Waals surface area contributed by atoms with Crippen molar-refractivity contribution in [1.82, 2.24) is 5.43 Å². The molecule has 8 heteroatoms. The van der Waals surface area contributed by atoms with E-state index >= 15 is 0 Å². The number of benzene rings is 2. The quantitative estimate of drug-likeness (QED) is 0.406. The topological polar surface area (TPSA) is 83.0 Å². The van der Waals surface area contributed by atoms with Gasteiger partial charge in [-0.2, -0.15) is 5.10 Å². The zero-order valence-electron chi connectivity index (χ0n) is 13.3. The van der Waals surface area contributed by atoms with Crippen LogP contribution in [0, 0.1) is 6.92 Å². The second-order valence-electron chi connectivity index (χ2n) is 4.99. The molecule has 0 fully saturated rings. The molecule has 0 saturated heterocycles. The molecule has 25 heavy (non-hydrogen) atoms. The number of anilines is 1. The molecular formula is C17H16ClN3O3S. The van der Waals surface area contributed by atoms with Gasteiger partial charge < -0.3 is 15.2 Å². The van der Waals surface area contributed by atoms with Crippen molar-refractivity contribution in [3.05, 3.63) is 58.6 Å². The maximum atomic E-state index is 10.4. The van der Waals surface area contributed by atoms with Crippen LogP contribution >= 0.6 is 23.8 Å². The largest absolute Gasteiger partial charge is 0.482 e. The number of carbonyl (C=O) groups is 1. The lowest BCUT2D eigenvalue weighted by atomic mass is 10.2. The van der Waals surface area contributed by atoms with E-state index in [1.807, 2.05) is 19.1 Å². The van der Waals surface area contributed by atoms with E-state index in [-0.39, 0.29) is 6.61 Å². The minimum absolute atomic E-state index is 0.336. The molecule has 2 aromatic rings. The number of ether oxygens (including phenoxy) is 1. The van der Waals surface area contributed by atoms with Crippen LogP contribution in [0.25, 0.3) is 0 Å². The number of nitrogens with one attached hydrogen (secondary N) is 2. The van der Waals surface area contributed by atoms with Crippen LogP contribution in [-0.2, 0) is 4.79 Å². The Morgan fingerprint density at radius 1 is 1.32 bits per heavy atom. The van der Waals surface area contributed by atoms with Gasteiger partial charge in [0.2, 0.25) is 0 Å². The van der Waals surface area contributed by atoms with Gasteiger partial charge in [0.25, 0.3) is 0 Å². The number of carboxylic acid groups (broad SMARTS) is 1. The Kier molecular flexibility index (Phi) is 6.73. The molecule has 0 aromatic heterocycles. The van der Waals surface area contributed by atoms with Crippen LogP contribution in [0.4, 0.5) is 5.69 Å². The number of thiocarbonyl (C=S) groups is 1. The number of carboxylic acids is 1. The zero-order chi connectivity index (χ0) is 18.2. The third kappa shape index (κ3) is 6.06. The predicted octanol–water partition coefficient (Wildman–Crippen LogP) is 3.43. The van der Waals surface area contributed by atoms with Crippen molar-refractivity contribution < 1.29 is 14.6 Å². The average molecular weight is 378 g/mol. The number of rotatable bonds is 6. The third-order valence-electron chi connectivity index (χ3n) is 3.14. The Labute approximate surface area is 155 Å². The number of hydrazone groups is 1. The van der Waals surface area contributed by atoms with Crippen molar-refractivity contribution >= 4 is 46.8 Å². The van der Waals surface area contributed by atoms with Crippen molar-refractivity contribution in [1.29, 1.82) is 0 Å². The fourth-order valence-corrected chi connectivity index (χ4v) is 2.19. The molecule has 2 rings (SSSR count). The van der Waals surface area contributed by atoms with Gasteiger partial charge in [-0.3, -0.25) is 5.43 Å². The molecule has 0 saturated carbocycles. The molecule has 0 aliphatic carbocycles. The highest BCUT2D eigenvalue weighted by atomic mass is 35.5. The molecule has 0 bridgehead atoms. The summed E-state index contributed by atoms with van der Waals surface area (Å²) < 4.78 is 5.05. The van der Waals surface area contributed by atoms with Crippen molar-refractivity contribution in [2.45, 2.75) is 6.92 Å². The molecular weight excluding hydrogens is 362 g/mol. The second kappa shape index (κ2) is 9.00. The van der Waals surface area contributed by atoms with Crippen LogP contribution in [0.5, 0.6) is 5.75 Å². The van der Waals surface area contributed by atoms with Gasteiger partial charge in [0, 0.05) is 10.7 Å². The molecule has 0 unspecified atom stereocenters. The fraction of sp³-hybridized carbons (Fsp3) is 0.118. The first-order valence-electron chi connectivity index (χ1n) is 7.25. The van der Waals surface area contributed by atoms with Crippen LogP contribution in [0.15, 0.2) is 47.6 Å². The second-order valence-corrected chi connectivity index (χ2v) is 5.80. The first-order valence-corrected chi connectivity index (χ1v) is 8.04. The van der Waals surface area contributed by atoms with Gasteiger partial charge in [-0.15, -0.1) is 0 Å². The Balaban J connectivity index is 1.86. The Hall–Kier alpha value is -2.64. The summed E-state index contributed by atoms with van der Waals surface area (Å²) in [4.78, 5) is 10.4. The van der Waals surface area contributed by atoms with Gasteiger partial charge in [-0.1, -0.05) is 17.7 Å². The summed E-state index contributed by atoms with van der Waals surface area (Å²) in [5, 5.41) is 16.6. The highest BCUT2D eigenvalue weighted by molar-refractivity contribution is 7.80. The lowest BCUT2D eigenvalue weighted by molar-refractivity contribution is -0.139. The monoisotopic (exact) mass is 377 g/mol. The summed E-state index contributed by atoms with van der Waals surface area (Å²) in [5.74, 6) is -0.549. The molecule has 0 aliphatic heterocycles. The van der Waals surface area contributed by atoms with Crippen LogP contribution in [0.3, 0.4) is 0 Å². The van der Waals surface area contributed by atoms with Crippen molar-refractivity contribution in [3.8, 4) is 5.75 Å². The van der Waals surface area contributed by atoms with E-state index in [0.29, 0.717) is 15.9 Å². The average Bonchev–Trinajstić information content (AvgIpc) is 2.58. The molecule has 0 aliphatic rings. The summed E-state index contributed by atoms with van der Waals surface area (Å²) >= 11 is 11.2. The third-order valence-corrected chi connectivity index (χ3v) is 3.74. The molecule has 0 atom stereocenters. The zero-order valence-corrected chi connectivity index (χ0v) is 14.9. The summed E-state index contributed by atoms with van der Waals surface area (Å²) in [7, 11) is 0. The molecule has 0 spiro atoms. The molecule has 130 valence electrons. The summed E-state index contributed by atoms with van der Waals surface area (Å²) in [5.41, 5.74) is 5.22. The first-order chi connectivity index (χ1) is 12.0. The van der Waals surface area contributed by atoms with E-state index in [4.69, 9.17) is 33.7 Å². The summed E-state index contributed by atoms with van der Waals surface area (Å²) in [6.07, 6.45) is 1.58. The lowest BCUT2D eigenvalue weighted by Crippen LogP contribution is -2.24. The minimum Gasteiger partial charge on any atom is -0.482 e.